The lowest BCUT2D eigenvalue weighted by molar-refractivity contribution is 0.418. The summed E-state index contributed by atoms with van der Waals surface area (Å²) in [5.74, 6) is 0.571. The van der Waals surface area contributed by atoms with Crippen molar-refractivity contribution in [3.05, 3.63) is 81.1 Å². The van der Waals surface area contributed by atoms with Crippen LogP contribution in [0, 0.1) is 5.82 Å². The highest BCUT2D eigenvalue weighted by atomic mass is 35.5. The maximum absolute atomic E-state index is 15.2. The molecule has 238 valence electrons. The number of aromatic nitrogens is 3. The predicted molar refractivity (Wildman–Crippen MR) is 184 cm³/mol. The molecule has 11 heteroatoms. The summed E-state index contributed by atoms with van der Waals surface area (Å²) >= 11 is 8.08. The quantitative estimate of drug-likeness (QED) is 0.156. The zero-order chi connectivity index (χ0) is 31.3. The van der Waals surface area contributed by atoms with Crippen LogP contribution in [0.15, 0.2) is 58.4 Å². The molecule has 4 heterocycles. The number of nitrogens with zero attached hydrogens (tertiary/aromatic N) is 3. The number of aliphatic imine (C=N–C) groups is 1. The number of fused-ring (bicyclic) bond motifs is 1. The largest absolute Gasteiger partial charge is 0.365 e. The van der Waals surface area contributed by atoms with Crippen LogP contribution in [0.3, 0.4) is 0 Å². The molecule has 6 rings (SSSR count). The summed E-state index contributed by atoms with van der Waals surface area (Å²) in [4.78, 5) is 25.0. The number of aryl methyl sites for hydroxylation is 1. The smallest absolute Gasteiger partial charge is 0.354 e. The number of rotatable bonds is 10. The summed E-state index contributed by atoms with van der Waals surface area (Å²) in [5, 5.41) is 9.21. The summed E-state index contributed by atoms with van der Waals surface area (Å²) in [6.07, 6.45) is 9.97. The Labute approximate surface area is 272 Å². The normalized spacial score (nSPS) is 19.4. The Balaban J connectivity index is 1.18. The molecule has 5 N–H and O–H groups in total. The molecule has 0 aliphatic carbocycles. The minimum Gasteiger partial charge on any atom is -0.365 e. The molecule has 0 unspecified atom stereocenters. The summed E-state index contributed by atoms with van der Waals surface area (Å²) in [6.45, 7) is 3.81. The van der Waals surface area contributed by atoms with Crippen molar-refractivity contribution in [1.82, 2.24) is 25.2 Å². The van der Waals surface area contributed by atoms with Crippen molar-refractivity contribution in [1.29, 1.82) is 0 Å². The Hall–Kier alpha value is -3.18. The summed E-state index contributed by atoms with van der Waals surface area (Å²) in [5.41, 5.74) is 9.66. The molecule has 2 aliphatic rings. The Morgan fingerprint density at radius 1 is 1.20 bits per heavy atom. The molecular formula is C34H41ClFN7OS. The third-order valence-corrected chi connectivity index (χ3v) is 9.88. The molecule has 2 aliphatic heterocycles. The number of halogens is 2. The van der Waals surface area contributed by atoms with Gasteiger partial charge in [-0.25, -0.2) is 9.18 Å². The van der Waals surface area contributed by atoms with E-state index in [2.05, 4.69) is 37.7 Å². The van der Waals surface area contributed by atoms with Crippen LogP contribution < -0.4 is 22.1 Å². The second kappa shape index (κ2) is 14.5. The SMILES string of the molecule is C[C@H](N)CCCc1cc(Cl)c(F)c(-c2cc3cn(-c4ccc([C@@H]5CCCC[C@@H](CCNC6=NCCS6)N5)cc4)c(=O)nc3[nH]2)c1. The van der Waals surface area contributed by atoms with Gasteiger partial charge in [-0.05, 0) is 86.9 Å². The summed E-state index contributed by atoms with van der Waals surface area (Å²) < 4.78 is 16.7. The number of benzene rings is 2. The maximum Gasteiger partial charge on any atom is 0.354 e. The van der Waals surface area contributed by atoms with Gasteiger partial charge in [-0.2, -0.15) is 4.98 Å². The number of hydrogen-bond acceptors (Lipinski definition) is 7. The van der Waals surface area contributed by atoms with Gasteiger partial charge >= 0.3 is 5.69 Å². The average Bonchev–Trinajstić information content (AvgIpc) is 3.63. The summed E-state index contributed by atoms with van der Waals surface area (Å²) in [7, 11) is 0. The number of hydrogen-bond donors (Lipinski definition) is 4. The van der Waals surface area contributed by atoms with Crippen LogP contribution in [-0.4, -0.2) is 50.6 Å². The predicted octanol–water partition coefficient (Wildman–Crippen LogP) is 6.50. The number of amidine groups is 1. The van der Waals surface area contributed by atoms with Crippen LogP contribution in [0.25, 0.3) is 28.0 Å². The number of nitrogens with one attached hydrogen (secondary N) is 3. The highest BCUT2D eigenvalue weighted by molar-refractivity contribution is 8.14. The maximum atomic E-state index is 15.2. The van der Waals surface area contributed by atoms with Crippen LogP contribution in [0.1, 0.15) is 69.0 Å². The van der Waals surface area contributed by atoms with Gasteiger partial charge in [-0.15, -0.1) is 0 Å². The van der Waals surface area contributed by atoms with Crippen molar-refractivity contribution >= 4 is 39.6 Å². The molecule has 0 amide bonds. The number of H-pyrrole nitrogens is 1. The minimum atomic E-state index is -0.502. The molecular weight excluding hydrogens is 609 g/mol. The number of thioether (sulfide) groups is 1. The van der Waals surface area contributed by atoms with Gasteiger partial charge in [0.2, 0.25) is 0 Å². The van der Waals surface area contributed by atoms with Gasteiger partial charge < -0.3 is 21.4 Å². The van der Waals surface area contributed by atoms with E-state index in [1.165, 1.54) is 29.4 Å². The van der Waals surface area contributed by atoms with Crippen LogP contribution in [-0.2, 0) is 6.42 Å². The fraction of sp³-hybridized carbons (Fsp3) is 0.441. The van der Waals surface area contributed by atoms with E-state index in [0.29, 0.717) is 28.3 Å². The van der Waals surface area contributed by atoms with E-state index < -0.39 is 11.5 Å². The Bertz CT molecular complexity index is 1720. The minimum absolute atomic E-state index is 0.0684. The van der Waals surface area contributed by atoms with E-state index in [1.54, 1.807) is 24.0 Å². The fourth-order valence-electron chi connectivity index (χ4n) is 6.28. The molecule has 1 saturated heterocycles. The van der Waals surface area contributed by atoms with Gasteiger partial charge in [0, 0.05) is 47.6 Å². The van der Waals surface area contributed by atoms with Crippen molar-refractivity contribution in [3.63, 3.8) is 0 Å². The zero-order valence-corrected chi connectivity index (χ0v) is 27.2. The summed E-state index contributed by atoms with van der Waals surface area (Å²) in [6, 6.07) is 14.3. The first-order valence-electron chi connectivity index (χ1n) is 16.0. The number of nitrogens with two attached hydrogens (primary N) is 1. The highest BCUT2D eigenvalue weighted by Gasteiger charge is 2.21. The second-order valence-electron chi connectivity index (χ2n) is 12.2. The fourth-order valence-corrected chi connectivity index (χ4v) is 7.29. The molecule has 0 bridgehead atoms. The molecule has 2 aromatic carbocycles. The molecule has 0 radical (unpaired) electrons. The molecule has 1 fully saturated rings. The molecule has 4 aromatic rings. The van der Waals surface area contributed by atoms with Crippen molar-refractivity contribution in [3.8, 4) is 16.9 Å². The standard InChI is InChI=1S/C34H41ClFN7OS/c1-21(37)5-4-6-22-17-27(31(36)28(35)18-22)30-19-24-20-43(34(44)42-32(24)41-30)26-11-9-23(10-12-26)29-8-3-2-7-25(40-29)13-14-38-33-39-15-16-45-33/h9-12,17-21,25,29,40H,2-8,13-16,37H2,1H3,(H,38,39)(H,41,42,44)/t21-,25-,29-/m0/s1. The average molecular weight is 650 g/mol. The topological polar surface area (TPSA) is 113 Å². The van der Waals surface area contributed by atoms with Gasteiger partial charge in [0.1, 0.15) is 5.65 Å². The third kappa shape index (κ3) is 7.80. The lowest BCUT2D eigenvalue weighted by Crippen LogP contribution is -2.34. The van der Waals surface area contributed by atoms with Crippen LogP contribution in [0.5, 0.6) is 0 Å². The van der Waals surface area contributed by atoms with Crippen LogP contribution >= 0.6 is 23.4 Å². The van der Waals surface area contributed by atoms with Gasteiger partial charge in [-0.3, -0.25) is 9.56 Å². The lowest BCUT2D eigenvalue weighted by atomic mass is 10.0. The zero-order valence-electron chi connectivity index (χ0n) is 25.6. The highest BCUT2D eigenvalue weighted by Crippen LogP contribution is 2.32. The van der Waals surface area contributed by atoms with Crippen molar-refractivity contribution in [2.75, 3.05) is 18.8 Å². The van der Waals surface area contributed by atoms with Gasteiger partial charge in [0.15, 0.2) is 11.0 Å². The van der Waals surface area contributed by atoms with Crippen molar-refractivity contribution < 1.29 is 4.39 Å². The van der Waals surface area contributed by atoms with Crippen LogP contribution in [0.4, 0.5) is 4.39 Å². The third-order valence-electron chi connectivity index (χ3n) is 8.67. The Morgan fingerprint density at radius 3 is 2.80 bits per heavy atom. The van der Waals surface area contributed by atoms with E-state index in [9.17, 15) is 4.79 Å². The van der Waals surface area contributed by atoms with Gasteiger partial charge in [0.05, 0.1) is 22.9 Å². The van der Waals surface area contributed by atoms with E-state index in [-0.39, 0.29) is 17.1 Å². The molecule has 8 nitrogen and oxygen atoms in total. The Kier molecular flexibility index (Phi) is 10.2. The van der Waals surface area contributed by atoms with Gasteiger partial charge in [-0.1, -0.05) is 48.3 Å². The van der Waals surface area contributed by atoms with E-state index >= 15 is 4.39 Å². The first-order chi connectivity index (χ1) is 21.8. The van der Waals surface area contributed by atoms with Crippen molar-refractivity contribution in [2.45, 2.75) is 76.4 Å². The number of aromatic amines is 1. The van der Waals surface area contributed by atoms with Crippen molar-refractivity contribution in [2.24, 2.45) is 10.7 Å². The first-order valence-corrected chi connectivity index (χ1v) is 17.3. The molecule has 0 spiro atoms. The van der Waals surface area contributed by atoms with Gasteiger partial charge in [0.25, 0.3) is 0 Å². The van der Waals surface area contributed by atoms with E-state index in [0.717, 1.165) is 67.4 Å². The molecule has 3 atom stereocenters. The monoisotopic (exact) mass is 649 g/mol. The van der Waals surface area contributed by atoms with Crippen LogP contribution in [0.2, 0.25) is 5.02 Å². The molecule has 45 heavy (non-hydrogen) atoms. The Morgan fingerprint density at radius 2 is 2.02 bits per heavy atom. The van der Waals surface area contributed by atoms with E-state index in [4.69, 9.17) is 17.3 Å². The second-order valence-corrected chi connectivity index (χ2v) is 13.7. The lowest BCUT2D eigenvalue weighted by Gasteiger charge is -2.23. The first kappa shape index (κ1) is 31.8. The van der Waals surface area contributed by atoms with E-state index in [1.807, 2.05) is 31.2 Å². The molecule has 2 aromatic heterocycles. The molecule has 0 saturated carbocycles.